The van der Waals surface area contributed by atoms with E-state index in [0.717, 1.165) is 12.1 Å². The number of benzene rings is 2. The molecule has 25 heavy (non-hydrogen) atoms. The van der Waals surface area contributed by atoms with Gasteiger partial charge in [0.15, 0.2) is 16.6 Å². The Hall–Kier alpha value is -1.17. The lowest BCUT2D eigenvalue weighted by Crippen LogP contribution is -2.47. The maximum Gasteiger partial charge on any atom is 0.177 e. The third-order valence-corrected chi connectivity index (χ3v) is 11.9. The zero-order chi connectivity index (χ0) is 18.8. The van der Waals surface area contributed by atoms with E-state index in [0.29, 0.717) is 0 Å². The quantitative estimate of drug-likeness (QED) is 0.549. The molecule has 136 valence electrons. The van der Waals surface area contributed by atoms with E-state index in [4.69, 9.17) is 4.12 Å². The number of aryl methyl sites for hydroxylation is 4. The van der Waals surface area contributed by atoms with Gasteiger partial charge in [-0.25, -0.2) is 0 Å². The Bertz CT molecular complexity index is 684. The summed E-state index contributed by atoms with van der Waals surface area (Å²) in [4.78, 5) is 0. The van der Waals surface area contributed by atoms with E-state index in [1.807, 2.05) is 0 Å². The van der Waals surface area contributed by atoms with Crippen molar-refractivity contribution < 1.29 is 4.12 Å². The zero-order valence-corrected chi connectivity index (χ0v) is 19.3. The van der Waals surface area contributed by atoms with Crippen molar-refractivity contribution in [2.45, 2.75) is 66.0 Å². The molecule has 2 aromatic rings. The molecule has 0 N–H and O–H groups in total. The average Bonchev–Trinajstić information content (AvgIpc) is 2.45. The molecule has 0 amide bonds. The van der Waals surface area contributed by atoms with Crippen molar-refractivity contribution in [2.24, 2.45) is 0 Å². The van der Waals surface area contributed by atoms with Gasteiger partial charge in [-0.1, -0.05) is 36.4 Å². The van der Waals surface area contributed by atoms with Crippen LogP contribution in [0.3, 0.4) is 0 Å². The standard InChI is InChI=1S/C22H34OSi2/c1-17-9-11-21(13-19(17)3)15-24(5,6)23-25(7,8)16-22-12-10-18(2)20(4)14-22/h9-14H,15-16H2,1-8H3. The first-order valence-electron chi connectivity index (χ1n) is 9.30. The van der Waals surface area contributed by atoms with Gasteiger partial charge in [0.2, 0.25) is 0 Å². The van der Waals surface area contributed by atoms with Crippen LogP contribution in [-0.2, 0) is 16.2 Å². The van der Waals surface area contributed by atoms with Crippen molar-refractivity contribution >= 4 is 16.6 Å². The molecule has 0 aliphatic rings. The third kappa shape index (κ3) is 5.94. The summed E-state index contributed by atoms with van der Waals surface area (Å²) in [5.74, 6) is 0. The Morgan fingerprint density at radius 1 is 0.600 bits per heavy atom. The van der Waals surface area contributed by atoms with Crippen molar-refractivity contribution in [3.8, 4) is 0 Å². The lowest BCUT2D eigenvalue weighted by Gasteiger charge is -2.34. The Labute approximate surface area is 156 Å². The molecular weight excluding hydrogens is 336 g/mol. The highest BCUT2D eigenvalue weighted by Crippen LogP contribution is 2.24. The fourth-order valence-electron chi connectivity index (χ4n) is 3.63. The third-order valence-electron chi connectivity index (χ3n) is 4.95. The molecule has 0 saturated carbocycles. The van der Waals surface area contributed by atoms with E-state index < -0.39 is 16.6 Å². The summed E-state index contributed by atoms with van der Waals surface area (Å²) < 4.78 is 6.85. The SMILES string of the molecule is Cc1ccc(C[Si](C)(C)O[Si](C)(C)Cc2ccc(C)c(C)c2)cc1C. The molecule has 0 aromatic heterocycles. The Balaban J connectivity index is 2.08. The highest BCUT2D eigenvalue weighted by molar-refractivity contribution is 6.84. The van der Waals surface area contributed by atoms with Gasteiger partial charge in [0, 0.05) is 0 Å². The summed E-state index contributed by atoms with van der Waals surface area (Å²) in [6, 6.07) is 15.9. The van der Waals surface area contributed by atoms with Gasteiger partial charge in [-0.05, 0) is 99.4 Å². The molecule has 1 nitrogen and oxygen atoms in total. The van der Waals surface area contributed by atoms with Gasteiger partial charge in [-0.2, -0.15) is 0 Å². The van der Waals surface area contributed by atoms with Crippen molar-refractivity contribution in [1.82, 2.24) is 0 Å². The zero-order valence-electron chi connectivity index (χ0n) is 17.3. The van der Waals surface area contributed by atoms with Crippen molar-refractivity contribution in [1.29, 1.82) is 0 Å². The molecule has 0 radical (unpaired) electrons. The number of hydrogen-bond acceptors (Lipinski definition) is 1. The van der Waals surface area contributed by atoms with E-state index in [1.54, 1.807) is 0 Å². The lowest BCUT2D eigenvalue weighted by molar-refractivity contribution is 0.537. The van der Waals surface area contributed by atoms with E-state index in [2.05, 4.69) is 90.3 Å². The van der Waals surface area contributed by atoms with Crippen LogP contribution in [0.5, 0.6) is 0 Å². The highest BCUT2D eigenvalue weighted by Gasteiger charge is 2.33. The van der Waals surface area contributed by atoms with Crippen LogP contribution in [0.2, 0.25) is 26.2 Å². The molecule has 0 aliphatic carbocycles. The van der Waals surface area contributed by atoms with E-state index in [-0.39, 0.29) is 0 Å². The maximum atomic E-state index is 6.85. The first kappa shape index (κ1) is 20.1. The molecule has 0 heterocycles. The van der Waals surface area contributed by atoms with Crippen LogP contribution in [0.4, 0.5) is 0 Å². The van der Waals surface area contributed by atoms with Gasteiger partial charge >= 0.3 is 0 Å². The van der Waals surface area contributed by atoms with Crippen LogP contribution in [0, 0.1) is 27.7 Å². The molecule has 0 spiro atoms. The summed E-state index contributed by atoms with van der Waals surface area (Å²) in [6.07, 6.45) is 0. The second kappa shape index (κ2) is 7.60. The summed E-state index contributed by atoms with van der Waals surface area (Å²) in [6.45, 7) is 18.2. The fourth-order valence-corrected chi connectivity index (χ4v) is 12.6. The minimum absolute atomic E-state index is 1.09. The summed E-state index contributed by atoms with van der Waals surface area (Å²) in [5.41, 5.74) is 8.36. The van der Waals surface area contributed by atoms with Gasteiger partial charge < -0.3 is 4.12 Å². The molecule has 0 aliphatic heterocycles. The van der Waals surface area contributed by atoms with Gasteiger partial charge in [-0.15, -0.1) is 0 Å². The maximum absolute atomic E-state index is 6.85. The number of hydrogen-bond donors (Lipinski definition) is 0. The molecule has 0 saturated heterocycles. The Morgan fingerprint density at radius 3 is 1.28 bits per heavy atom. The topological polar surface area (TPSA) is 9.23 Å². The second-order valence-corrected chi connectivity index (χ2v) is 17.4. The van der Waals surface area contributed by atoms with Crippen molar-refractivity contribution in [3.05, 3.63) is 69.8 Å². The van der Waals surface area contributed by atoms with E-state index in [9.17, 15) is 0 Å². The summed E-state index contributed by atoms with van der Waals surface area (Å²) >= 11 is 0. The van der Waals surface area contributed by atoms with E-state index in [1.165, 1.54) is 33.4 Å². The van der Waals surface area contributed by atoms with E-state index >= 15 is 0 Å². The molecule has 0 fully saturated rings. The van der Waals surface area contributed by atoms with Crippen LogP contribution in [0.25, 0.3) is 0 Å². The minimum atomic E-state index is -1.74. The number of rotatable bonds is 6. The molecule has 2 rings (SSSR count). The molecule has 0 bridgehead atoms. The minimum Gasteiger partial charge on any atom is -0.455 e. The van der Waals surface area contributed by atoms with Crippen LogP contribution < -0.4 is 0 Å². The Kier molecular flexibility index (Phi) is 6.13. The van der Waals surface area contributed by atoms with Gasteiger partial charge in [0.05, 0.1) is 0 Å². The first-order chi connectivity index (χ1) is 11.5. The van der Waals surface area contributed by atoms with Crippen molar-refractivity contribution in [3.63, 3.8) is 0 Å². The van der Waals surface area contributed by atoms with Crippen LogP contribution in [0.15, 0.2) is 36.4 Å². The fraction of sp³-hybridized carbons (Fsp3) is 0.455. The normalized spacial score (nSPS) is 12.5. The molecular formula is C22H34OSi2. The molecule has 0 atom stereocenters. The van der Waals surface area contributed by atoms with Crippen LogP contribution in [-0.4, -0.2) is 16.6 Å². The monoisotopic (exact) mass is 370 g/mol. The predicted octanol–water partition coefficient (Wildman–Crippen LogP) is 6.21. The highest BCUT2D eigenvalue weighted by atomic mass is 28.4. The molecule has 0 unspecified atom stereocenters. The van der Waals surface area contributed by atoms with Gasteiger partial charge in [-0.3, -0.25) is 0 Å². The van der Waals surface area contributed by atoms with Gasteiger partial charge in [0.25, 0.3) is 0 Å². The largest absolute Gasteiger partial charge is 0.455 e. The predicted molar refractivity (Wildman–Crippen MR) is 115 cm³/mol. The summed E-state index contributed by atoms with van der Waals surface area (Å²) in [7, 11) is -3.47. The molecule has 2 aromatic carbocycles. The molecule has 3 heteroatoms. The lowest BCUT2D eigenvalue weighted by atomic mass is 10.1. The van der Waals surface area contributed by atoms with Crippen molar-refractivity contribution in [2.75, 3.05) is 0 Å². The second-order valence-electron chi connectivity index (χ2n) is 8.81. The van der Waals surface area contributed by atoms with Crippen LogP contribution >= 0.6 is 0 Å². The van der Waals surface area contributed by atoms with Gasteiger partial charge in [0.1, 0.15) is 0 Å². The van der Waals surface area contributed by atoms with Crippen LogP contribution in [0.1, 0.15) is 33.4 Å². The first-order valence-corrected chi connectivity index (χ1v) is 15.5. The summed E-state index contributed by atoms with van der Waals surface area (Å²) in [5, 5.41) is 0. The average molecular weight is 371 g/mol. The Morgan fingerprint density at radius 2 is 0.960 bits per heavy atom. The smallest absolute Gasteiger partial charge is 0.177 e.